The summed E-state index contributed by atoms with van der Waals surface area (Å²) in [6.07, 6.45) is 0.316. The zero-order valence-corrected chi connectivity index (χ0v) is 10.5. The Hall–Kier alpha value is -1.15. The molecule has 17 heavy (non-hydrogen) atoms. The number of carbonyl (C=O) groups excluding carboxylic acids is 2. The van der Waals surface area contributed by atoms with Crippen LogP contribution in [-0.2, 0) is 14.8 Å². The quantitative estimate of drug-likeness (QED) is 0.624. The summed E-state index contributed by atoms with van der Waals surface area (Å²) in [5.41, 5.74) is -1.07. The van der Waals surface area contributed by atoms with Gasteiger partial charge in [-0.15, -0.1) is 0 Å². The third kappa shape index (κ3) is 1.81. The lowest BCUT2D eigenvalue weighted by atomic mass is 10.00. The molecule has 0 saturated carbocycles. The second kappa shape index (κ2) is 3.67. The van der Waals surface area contributed by atoms with Crippen LogP contribution in [0.15, 0.2) is 0 Å². The molecule has 96 valence electrons. The maximum Gasteiger partial charge on any atom is 0.322 e. The number of nitrogens with zero attached hydrogens (tertiary/aromatic N) is 1. The van der Waals surface area contributed by atoms with Crippen LogP contribution in [0.1, 0.15) is 20.3 Å². The molecule has 0 aromatic rings. The Kier molecular flexibility index (Phi) is 2.66. The molecule has 8 heteroatoms. The van der Waals surface area contributed by atoms with Crippen molar-refractivity contribution in [2.45, 2.75) is 31.1 Å². The van der Waals surface area contributed by atoms with Crippen molar-refractivity contribution in [3.8, 4) is 0 Å². The molecule has 2 aliphatic heterocycles. The minimum atomic E-state index is -3.38. The summed E-state index contributed by atoms with van der Waals surface area (Å²) in [6, 6.07) is -0.557. The number of amides is 3. The van der Waals surface area contributed by atoms with Crippen molar-refractivity contribution in [3.05, 3.63) is 0 Å². The van der Waals surface area contributed by atoms with E-state index in [0.717, 1.165) is 0 Å². The van der Waals surface area contributed by atoms with Crippen molar-refractivity contribution in [3.63, 3.8) is 0 Å². The van der Waals surface area contributed by atoms with Gasteiger partial charge >= 0.3 is 6.03 Å². The topological polar surface area (TPSA) is 95.6 Å². The van der Waals surface area contributed by atoms with E-state index < -0.39 is 32.8 Å². The van der Waals surface area contributed by atoms with E-state index in [1.165, 1.54) is 4.31 Å². The molecule has 0 aliphatic carbocycles. The normalized spacial score (nSPS) is 30.1. The van der Waals surface area contributed by atoms with Crippen LogP contribution in [0.2, 0.25) is 0 Å². The minimum absolute atomic E-state index is 0.0189. The van der Waals surface area contributed by atoms with Gasteiger partial charge in [-0.2, -0.15) is 4.31 Å². The molecule has 1 unspecified atom stereocenters. The summed E-state index contributed by atoms with van der Waals surface area (Å²) in [6.45, 7) is 3.46. The molecule has 2 rings (SSSR count). The van der Waals surface area contributed by atoms with Crippen LogP contribution >= 0.6 is 0 Å². The van der Waals surface area contributed by atoms with Gasteiger partial charge in [0.25, 0.3) is 5.91 Å². The van der Waals surface area contributed by atoms with E-state index in [1.54, 1.807) is 13.8 Å². The van der Waals surface area contributed by atoms with E-state index in [1.807, 2.05) is 0 Å². The highest BCUT2D eigenvalue weighted by atomic mass is 32.2. The van der Waals surface area contributed by atoms with E-state index in [4.69, 9.17) is 0 Å². The summed E-state index contributed by atoms with van der Waals surface area (Å²) in [7, 11) is -3.38. The molecule has 2 saturated heterocycles. The molecule has 0 radical (unpaired) electrons. The lowest BCUT2D eigenvalue weighted by Gasteiger charge is -2.22. The van der Waals surface area contributed by atoms with Crippen molar-refractivity contribution >= 4 is 22.0 Å². The first-order valence-electron chi connectivity index (χ1n) is 5.40. The zero-order chi connectivity index (χ0) is 12.8. The molecule has 2 N–H and O–H groups in total. The number of nitrogens with one attached hydrogen (secondary N) is 2. The fourth-order valence-electron chi connectivity index (χ4n) is 2.11. The van der Waals surface area contributed by atoms with Gasteiger partial charge in [0.15, 0.2) is 0 Å². The number of urea groups is 1. The van der Waals surface area contributed by atoms with Gasteiger partial charge in [0.1, 0.15) is 5.54 Å². The molecular weight excluding hydrogens is 246 g/mol. The summed E-state index contributed by atoms with van der Waals surface area (Å²) < 4.78 is 25.2. The number of hydrogen-bond acceptors (Lipinski definition) is 4. The van der Waals surface area contributed by atoms with Crippen molar-refractivity contribution in [2.24, 2.45) is 0 Å². The average Bonchev–Trinajstić information content (AvgIpc) is 2.73. The zero-order valence-electron chi connectivity index (χ0n) is 9.69. The van der Waals surface area contributed by atoms with E-state index in [0.29, 0.717) is 6.42 Å². The first kappa shape index (κ1) is 12.3. The van der Waals surface area contributed by atoms with E-state index in [2.05, 4.69) is 10.6 Å². The average molecular weight is 261 g/mol. The van der Waals surface area contributed by atoms with Gasteiger partial charge in [-0.25, -0.2) is 13.2 Å². The van der Waals surface area contributed by atoms with Crippen molar-refractivity contribution < 1.29 is 18.0 Å². The molecule has 1 atom stereocenters. The van der Waals surface area contributed by atoms with Gasteiger partial charge in [-0.1, -0.05) is 0 Å². The monoisotopic (exact) mass is 261 g/mol. The molecule has 2 fully saturated rings. The molecule has 0 aromatic heterocycles. The number of hydrogen-bond donors (Lipinski definition) is 2. The third-order valence-corrected chi connectivity index (χ3v) is 5.43. The van der Waals surface area contributed by atoms with Gasteiger partial charge in [-0.3, -0.25) is 10.1 Å². The van der Waals surface area contributed by atoms with Crippen LogP contribution in [0.3, 0.4) is 0 Å². The predicted octanol–water partition coefficient (Wildman–Crippen LogP) is -0.991. The first-order valence-corrected chi connectivity index (χ1v) is 6.91. The maximum absolute atomic E-state index is 11.9. The van der Waals surface area contributed by atoms with Gasteiger partial charge in [-0.05, 0) is 20.3 Å². The molecule has 2 aliphatic rings. The lowest BCUT2D eigenvalue weighted by Crippen LogP contribution is -2.50. The predicted molar refractivity (Wildman–Crippen MR) is 59.7 cm³/mol. The highest BCUT2D eigenvalue weighted by molar-refractivity contribution is 7.89. The van der Waals surface area contributed by atoms with E-state index >= 15 is 0 Å². The summed E-state index contributed by atoms with van der Waals surface area (Å²) in [5, 5.41) is 4.12. The number of sulfonamides is 1. The van der Waals surface area contributed by atoms with Crippen LogP contribution in [0.25, 0.3) is 0 Å². The number of imide groups is 1. The summed E-state index contributed by atoms with van der Waals surface area (Å²) in [4.78, 5) is 22.7. The van der Waals surface area contributed by atoms with Gasteiger partial charge in [0.05, 0.1) is 5.25 Å². The molecule has 3 amide bonds. The van der Waals surface area contributed by atoms with Crippen LogP contribution in [0.5, 0.6) is 0 Å². The molecule has 1 spiro atoms. The van der Waals surface area contributed by atoms with E-state index in [-0.39, 0.29) is 13.1 Å². The van der Waals surface area contributed by atoms with Gasteiger partial charge < -0.3 is 5.32 Å². The Morgan fingerprint density at radius 2 is 2.00 bits per heavy atom. The fourth-order valence-corrected chi connectivity index (χ4v) is 3.45. The highest BCUT2D eigenvalue weighted by Crippen LogP contribution is 2.27. The van der Waals surface area contributed by atoms with Crippen LogP contribution in [0.4, 0.5) is 4.79 Å². The Labute approximate surface area is 99.6 Å². The summed E-state index contributed by atoms with van der Waals surface area (Å²) >= 11 is 0. The Morgan fingerprint density at radius 3 is 2.47 bits per heavy atom. The molecular formula is C9H15N3O4S. The molecule has 0 bridgehead atoms. The largest absolute Gasteiger partial charge is 0.322 e. The van der Waals surface area contributed by atoms with Crippen LogP contribution in [-0.4, -0.2) is 48.5 Å². The Balaban J connectivity index is 2.21. The minimum Gasteiger partial charge on any atom is -0.322 e. The van der Waals surface area contributed by atoms with Crippen molar-refractivity contribution in [1.82, 2.24) is 14.9 Å². The third-order valence-electron chi connectivity index (χ3n) is 3.20. The van der Waals surface area contributed by atoms with Gasteiger partial charge in [0, 0.05) is 13.1 Å². The fraction of sp³-hybridized carbons (Fsp3) is 0.778. The first-order chi connectivity index (χ1) is 7.78. The van der Waals surface area contributed by atoms with Crippen LogP contribution in [0, 0.1) is 0 Å². The summed E-state index contributed by atoms with van der Waals surface area (Å²) in [5.74, 6) is -0.441. The van der Waals surface area contributed by atoms with Crippen molar-refractivity contribution in [1.29, 1.82) is 0 Å². The molecule has 0 aromatic carbocycles. The SMILES string of the molecule is CC(C)S(=O)(=O)N1CCC2(C1)NC(=O)NC2=O. The van der Waals surface area contributed by atoms with Gasteiger partial charge in [0.2, 0.25) is 10.0 Å². The smallest absolute Gasteiger partial charge is 0.322 e. The Morgan fingerprint density at radius 1 is 1.35 bits per heavy atom. The standard InChI is InChI=1S/C9H15N3O4S/c1-6(2)17(15,16)12-4-3-9(5-12)7(13)10-8(14)11-9/h6H,3-5H2,1-2H3,(H2,10,11,13,14). The second-order valence-corrected chi connectivity index (χ2v) is 7.16. The molecule has 2 heterocycles. The second-order valence-electron chi connectivity index (χ2n) is 4.67. The highest BCUT2D eigenvalue weighted by Gasteiger charge is 2.53. The molecule has 7 nitrogen and oxygen atoms in total. The maximum atomic E-state index is 11.9. The number of carbonyl (C=O) groups is 2. The number of rotatable bonds is 2. The van der Waals surface area contributed by atoms with Crippen LogP contribution < -0.4 is 10.6 Å². The van der Waals surface area contributed by atoms with Crippen molar-refractivity contribution in [2.75, 3.05) is 13.1 Å². The Bertz CT molecular complexity index is 473. The lowest BCUT2D eigenvalue weighted by molar-refractivity contribution is -0.123. The van der Waals surface area contributed by atoms with E-state index in [9.17, 15) is 18.0 Å².